The van der Waals surface area contributed by atoms with E-state index in [1.807, 2.05) is 57.2 Å². The van der Waals surface area contributed by atoms with Gasteiger partial charge in [-0.2, -0.15) is 0 Å². The first-order valence-electron chi connectivity index (χ1n) is 19.7. The summed E-state index contributed by atoms with van der Waals surface area (Å²) in [6, 6.07) is 36.2. The minimum Gasteiger partial charge on any atom is -0.465 e. The first-order valence-corrected chi connectivity index (χ1v) is 19.7. The Labute approximate surface area is 352 Å². The molecule has 6 aromatic carbocycles. The van der Waals surface area contributed by atoms with Crippen molar-refractivity contribution in [3.63, 3.8) is 0 Å². The second-order valence-electron chi connectivity index (χ2n) is 16.3. The molecule has 0 saturated heterocycles. The van der Waals surface area contributed by atoms with Crippen molar-refractivity contribution >= 4 is 23.9 Å². The van der Waals surface area contributed by atoms with Crippen LogP contribution >= 0.6 is 0 Å². The molecule has 0 unspecified atom stereocenters. The summed E-state index contributed by atoms with van der Waals surface area (Å²) in [4.78, 5) is 51.3. The van der Waals surface area contributed by atoms with E-state index in [0.29, 0.717) is 22.8 Å². The van der Waals surface area contributed by atoms with Gasteiger partial charge in [-0.25, -0.2) is 19.2 Å². The average Bonchev–Trinajstić information content (AvgIpc) is 3.23. The summed E-state index contributed by atoms with van der Waals surface area (Å²) >= 11 is 0. The highest BCUT2D eigenvalue weighted by atomic mass is 16.5. The SMILES string of the molecule is COC(=O)c1cccc(C(=O)Oc2ccc(C(C)(C)c3ccc(OC(=O)c4ccc(C(=O)Oc5ccc(C(C)(C)c6ccc(C)c(C)c6)cc5C)cc4)c(C)c3)cc2C)c1. The standard InChI is InChI=1S/C52H50O8/c1-31-14-19-40(26-32(31)2)51(6,7)41-20-23-44(33(3)27-41)58-48(54)36-15-17-37(18-16-36)49(55)59-45-24-21-42(28-34(45)4)52(8,9)43-22-25-46(35(5)29-43)60-50(56)39-13-11-12-38(30-39)47(53)57-10/h11-30H,1-10H3. The molecule has 8 heteroatoms. The number of esters is 4. The molecule has 0 heterocycles. The van der Waals surface area contributed by atoms with Gasteiger partial charge in [0.25, 0.3) is 0 Å². The Morgan fingerprint density at radius 2 is 0.700 bits per heavy atom. The second-order valence-corrected chi connectivity index (χ2v) is 16.3. The van der Waals surface area contributed by atoms with Gasteiger partial charge in [0, 0.05) is 10.8 Å². The Balaban J connectivity index is 1.08. The van der Waals surface area contributed by atoms with Crippen LogP contribution in [0.2, 0.25) is 0 Å². The first-order chi connectivity index (χ1) is 28.4. The number of aryl methyl sites for hydroxylation is 5. The molecule has 306 valence electrons. The summed E-state index contributed by atoms with van der Waals surface area (Å²) in [5.41, 5.74) is 9.55. The molecule has 0 fully saturated rings. The zero-order valence-corrected chi connectivity index (χ0v) is 35.8. The molecule has 60 heavy (non-hydrogen) atoms. The van der Waals surface area contributed by atoms with Crippen LogP contribution in [0.1, 0.15) is 119 Å². The van der Waals surface area contributed by atoms with E-state index < -0.39 is 29.3 Å². The number of hydrogen-bond donors (Lipinski definition) is 0. The van der Waals surface area contributed by atoms with E-state index in [1.165, 1.54) is 29.9 Å². The lowest BCUT2D eigenvalue weighted by Crippen LogP contribution is -2.20. The topological polar surface area (TPSA) is 105 Å². The molecule has 0 aromatic heterocycles. The zero-order chi connectivity index (χ0) is 43.5. The smallest absolute Gasteiger partial charge is 0.343 e. The van der Waals surface area contributed by atoms with Crippen molar-refractivity contribution in [2.24, 2.45) is 0 Å². The molecule has 0 aliphatic carbocycles. The van der Waals surface area contributed by atoms with Gasteiger partial charge >= 0.3 is 23.9 Å². The normalized spacial score (nSPS) is 11.4. The molecule has 0 aliphatic rings. The molecule has 0 aliphatic heterocycles. The zero-order valence-electron chi connectivity index (χ0n) is 35.8. The summed E-state index contributed by atoms with van der Waals surface area (Å²) in [6.45, 7) is 18.4. The highest BCUT2D eigenvalue weighted by molar-refractivity contribution is 5.96. The fraction of sp³-hybridized carbons (Fsp3) is 0.231. The lowest BCUT2D eigenvalue weighted by Gasteiger charge is -2.27. The molecule has 0 amide bonds. The molecule has 0 atom stereocenters. The van der Waals surface area contributed by atoms with Crippen molar-refractivity contribution in [3.05, 3.63) is 194 Å². The number of methoxy groups -OCH3 is 1. The van der Waals surface area contributed by atoms with Crippen LogP contribution < -0.4 is 14.2 Å². The van der Waals surface area contributed by atoms with E-state index in [2.05, 4.69) is 65.8 Å². The minimum atomic E-state index is -0.587. The number of benzene rings is 6. The van der Waals surface area contributed by atoms with Crippen LogP contribution in [0.3, 0.4) is 0 Å². The van der Waals surface area contributed by atoms with Gasteiger partial charge in [0.05, 0.1) is 29.4 Å². The Morgan fingerprint density at radius 1 is 0.367 bits per heavy atom. The van der Waals surface area contributed by atoms with Crippen LogP contribution in [0.25, 0.3) is 0 Å². The molecule has 0 saturated carbocycles. The number of carbonyl (C=O) groups excluding carboxylic acids is 4. The Morgan fingerprint density at radius 3 is 1.05 bits per heavy atom. The average molecular weight is 803 g/mol. The molecule has 0 spiro atoms. The predicted molar refractivity (Wildman–Crippen MR) is 233 cm³/mol. The summed E-state index contributed by atoms with van der Waals surface area (Å²) in [5.74, 6) is -0.919. The van der Waals surface area contributed by atoms with Crippen LogP contribution in [-0.2, 0) is 15.6 Å². The van der Waals surface area contributed by atoms with Crippen LogP contribution in [0.5, 0.6) is 17.2 Å². The van der Waals surface area contributed by atoms with Gasteiger partial charge in [0.2, 0.25) is 0 Å². The van der Waals surface area contributed by atoms with E-state index in [9.17, 15) is 19.2 Å². The van der Waals surface area contributed by atoms with E-state index in [1.54, 1.807) is 54.6 Å². The van der Waals surface area contributed by atoms with Crippen molar-refractivity contribution in [3.8, 4) is 17.2 Å². The molecular formula is C52H50O8. The van der Waals surface area contributed by atoms with Crippen LogP contribution in [0.15, 0.2) is 121 Å². The summed E-state index contributed by atoms with van der Waals surface area (Å²) in [7, 11) is 1.28. The third kappa shape index (κ3) is 9.08. The van der Waals surface area contributed by atoms with Gasteiger partial charge < -0.3 is 18.9 Å². The van der Waals surface area contributed by atoms with Crippen molar-refractivity contribution in [1.29, 1.82) is 0 Å². The highest BCUT2D eigenvalue weighted by Crippen LogP contribution is 2.37. The maximum Gasteiger partial charge on any atom is 0.343 e. The molecular weight excluding hydrogens is 753 g/mol. The van der Waals surface area contributed by atoms with E-state index in [-0.39, 0.29) is 22.1 Å². The number of hydrogen-bond acceptors (Lipinski definition) is 8. The van der Waals surface area contributed by atoms with Crippen LogP contribution in [-0.4, -0.2) is 31.0 Å². The molecule has 0 radical (unpaired) electrons. The van der Waals surface area contributed by atoms with Crippen molar-refractivity contribution in [2.45, 2.75) is 73.1 Å². The summed E-state index contributed by atoms with van der Waals surface area (Å²) < 4.78 is 22.1. The quantitative estimate of drug-likeness (QED) is 0.0942. The van der Waals surface area contributed by atoms with Gasteiger partial charge in [-0.15, -0.1) is 0 Å². The fourth-order valence-corrected chi connectivity index (χ4v) is 7.03. The van der Waals surface area contributed by atoms with E-state index in [4.69, 9.17) is 18.9 Å². The summed E-state index contributed by atoms with van der Waals surface area (Å²) in [6.07, 6.45) is 0. The molecule has 6 aromatic rings. The lowest BCUT2D eigenvalue weighted by atomic mass is 9.77. The predicted octanol–water partition coefficient (Wildman–Crippen LogP) is 11.3. The summed E-state index contributed by atoms with van der Waals surface area (Å²) in [5, 5.41) is 0. The first kappa shape index (κ1) is 42.8. The maximum absolute atomic E-state index is 13.2. The number of carbonyl (C=O) groups is 4. The lowest BCUT2D eigenvalue weighted by molar-refractivity contribution is 0.0599. The van der Waals surface area contributed by atoms with E-state index in [0.717, 1.165) is 33.4 Å². The minimum absolute atomic E-state index is 0.233. The molecule has 6 rings (SSSR count). The number of ether oxygens (including phenoxy) is 4. The van der Waals surface area contributed by atoms with Gasteiger partial charge in [-0.05, 0) is 145 Å². The fourth-order valence-electron chi connectivity index (χ4n) is 7.03. The molecule has 0 N–H and O–H groups in total. The molecule has 0 bridgehead atoms. The van der Waals surface area contributed by atoms with E-state index >= 15 is 0 Å². The molecule has 8 nitrogen and oxygen atoms in total. The van der Waals surface area contributed by atoms with Crippen molar-refractivity contribution in [1.82, 2.24) is 0 Å². The maximum atomic E-state index is 13.2. The second kappa shape index (κ2) is 17.2. The Bertz CT molecular complexity index is 2630. The van der Waals surface area contributed by atoms with Crippen LogP contribution in [0, 0.1) is 34.6 Å². The Kier molecular flexibility index (Phi) is 12.3. The van der Waals surface area contributed by atoms with Gasteiger partial charge in [-0.1, -0.05) is 88.4 Å². The van der Waals surface area contributed by atoms with Crippen molar-refractivity contribution in [2.75, 3.05) is 7.11 Å². The monoisotopic (exact) mass is 802 g/mol. The van der Waals surface area contributed by atoms with Gasteiger partial charge in [-0.3, -0.25) is 0 Å². The highest BCUT2D eigenvalue weighted by Gasteiger charge is 2.27. The van der Waals surface area contributed by atoms with Crippen molar-refractivity contribution < 1.29 is 38.1 Å². The number of rotatable bonds is 11. The third-order valence-corrected chi connectivity index (χ3v) is 11.4. The van der Waals surface area contributed by atoms with Gasteiger partial charge in [0.15, 0.2) is 0 Å². The van der Waals surface area contributed by atoms with Crippen LogP contribution in [0.4, 0.5) is 0 Å². The Hall–Kier alpha value is -6.80. The third-order valence-electron chi connectivity index (χ3n) is 11.4. The van der Waals surface area contributed by atoms with Gasteiger partial charge in [0.1, 0.15) is 17.2 Å². The largest absolute Gasteiger partial charge is 0.465 e.